The predicted molar refractivity (Wildman–Crippen MR) is 132 cm³/mol. The molecular weight excluding hydrogens is 414 g/mol. The minimum atomic E-state index is -2.09. The summed E-state index contributed by atoms with van der Waals surface area (Å²) in [6.07, 6.45) is 1.04. The monoisotopic (exact) mass is 463 g/mol. The SMILES string of the molecule is CCO[Si](C)(CCCN(CC(C)C(=O)O[Si](C)(C)C(C)(C)C)[Si](C)(C)C)OCC. The van der Waals surface area contributed by atoms with Crippen LogP contribution in [0.25, 0.3) is 0 Å². The molecule has 5 nitrogen and oxygen atoms in total. The van der Waals surface area contributed by atoms with Gasteiger partial charge in [-0.1, -0.05) is 47.3 Å². The van der Waals surface area contributed by atoms with Crippen molar-refractivity contribution in [1.82, 2.24) is 4.57 Å². The Kier molecular flexibility index (Phi) is 11.6. The van der Waals surface area contributed by atoms with Crippen LogP contribution in [0.15, 0.2) is 0 Å². The van der Waals surface area contributed by atoms with Crippen LogP contribution in [0.3, 0.4) is 0 Å². The minimum Gasteiger partial charge on any atom is -0.519 e. The van der Waals surface area contributed by atoms with Crippen LogP contribution in [0, 0.1) is 5.92 Å². The van der Waals surface area contributed by atoms with Gasteiger partial charge in [-0.25, -0.2) is 0 Å². The molecule has 0 heterocycles. The molecule has 29 heavy (non-hydrogen) atoms. The summed E-state index contributed by atoms with van der Waals surface area (Å²) in [6, 6.07) is 0.985. The summed E-state index contributed by atoms with van der Waals surface area (Å²) in [7, 11) is -5.72. The average molecular weight is 464 g/mol. The summed E-state index contributed by atoms with van der Waals surface area (Å²) >= 11 is 0. The third kappa shape index (κ3) is 10.2. The van der Waals surface area contributed by atoms with Crippen LogP contribution in [-0.4, -0.2) is 62.0 Å². The summed E-state index contributed by atoms with van der Waals surface area (Å²) in [4.78, 5) is 12.8. The van der Waals surface area contributed by atoms with Gasteiger partial charge in [0.2, 0.25) is 0 Å². The zero-order valence-corrected chi connectivity index (χ0v) is 24.4. The Morgan fingerprint density at radius 2 is 1.45 bits per heavy atom. The van der Waals surface area contributed by atoms with Crippen LogP contribution in [0.4, 0.5) is 0 Å². The molecule has 0 saturated carbocycles. The minimum absolute atomic E-state index is 0.0362. The maximum atomic E-state index is 12.8. The third-order valence-electron chi connectivity index (χ3n) is 5.97. The van der Waals surface area contributed by atoms with E-state index < -0.39 is 25.1 Å². The van der Waals surface area contributed by atoms with E-state index in [9.17, 15) is 4.79 Å². The van der Waals surface area contributed by atoms with Gasteiger partial charge in [-0.3, -0.25) is 4.79 Å². The van der Waals surface area contributed by atoms with Gasteiger partial charge in [0.25, 0.3) is 14.3 Å². The molecule has 174 valence electrons. The Labute approximate surface area is 184 Å². The fourth-order valence-corrected chi connectivity index (χ4v) is 8.05. The van der Waals surface area contributed by atoms with E-state index in [-0.39, 0.29) is 16.9 Å². The van der Waals surface area contributed by atoms with E-state index in [1.54, 1.807) is 0 Å². The van der Waals surface area contributed by atoms with Gasteiger partial charge in [-0.2, -0.15) is 0 Å². The first-order chi connectivity index (χ1) is 13.0. The first-order valence-electron chi connectivity index (χ1n) is 11.2. The molecule has 0 bridgehead atoms. The summed E-state index contributed by atoms with van der Waals surface area (Å²) < 4.78 is 20.6. The molecule has 1 unspecified atom stereocenters. The topological polar surface area (TPSA) is 48.0 Å². The Morgan fingerprint density at radius 1 is 0.966 bits per heavy atom. The number of carbonyl (C=O) groups is 1. The van der Waals surface area contributed by atoms with Crippen molar-refractivity contribution in [2.45, 2.75) is 98.3 Å². The molecule has 0 aliphatic heterocycles. The van der Waals surface area contributed by atoms with Crippen molar-refractivity contribution in [2.75, 3.05) is 26.3 Å². The number of nitrogens with zero attached hydrogens (tertiary/aromatic N) is 1. The van der Waals surface area contributed by atoms with E-state index in [2.05, 4.69) is 64.6 Å². The molecule has 0 saturated heterocycles. The van der Waals surface area contributed by atoms with E-state index in [1.165, 1.54) is 0 Å². The maximum absolute atomic E-state index is 12.8. The molecule has 0 fully saturated rings. The normalized spacial score (nSPS) is 14.9. The second-order valence-electron chi connectivity index (χ2n) is 10.8. The van der Waals surface area contributed by atoms with Crippen LogP contribution in [0.5, 0.6) is 0 Å². The fourth-order valence-electron chi connectivity index (χ4n) is 3.00. The van der Waals surface area contributed by atoms with Crippen molar-refractivity contribution in [3.05, 3.63) is 0 Å². The molecule has 0 aliphatic rings. The van der Waals surface area contributed by atoms with Gasteiger partial charge in [0.05, 0.1) is 5.92 Å². The Morgan fingerprint density at radius 3 is 1.83 bits per heavy atom. The second-order valence-corrected chi connectivity index (χ2v) is 23.8. The summed E-state index contributed by atoms with van der Waals surface area (Å²) in [6.45, 7) is 29.2. The highest BCUT2D eigenvalue weighted by atomic mass is 28.4. The molecule has 0 aromatic carbocycles. The van der Waals surface area contributed by atoms with Crippen LogP contribution < -0.4 is 0 Å². The maximum Gasteiger partial charge on any atom is 0.334 e. The number of carbonyl (C=O) groups excluding carboxylic acids is 1. The van der Waals surface area contributed by atoms with Crippen molar-refractivity contribution in [3.8, 4) is 0 Å². The largest absolute Gasteiger partial charge is 0.519 e. The molecule has 0 aromatic rings. The van der Waals surface area contributed by atoms with Crippen molar-refractivity contribution in [1.29, 1.82) is 0 Å². The molecule has 0 N–H and O–H groups in total. The van der Waals surface area contributed by atoms with E-state index >= 15 is 0 Å². The molecule has 8 heteroatoms. The van der Waals surface area contributed by atoms with E-state index in [0.29, 0.717) is 13.2 Å². The molecule has 0 rings (SSSR count). The van der Waals surface area contributed by atoms with Gasteiger partial charge in [0, 0.05) is 19.8 Å². The third-order valence-corrected chi connectivity index (χ3v) is 15.7. The van der Waals surface area contributed by atoms with Gasteiger partial charge in [-0.05, 0) is 57.5 Å². The molecule has 0 aromatic heterocycles. The smallest absolute Gasteiger partial charge is 0.334 e. The van der Waals surface area contributed by atoms with Gasteiger partial charge in [0.1, 0.15) is 8.24 Å². The molecular formula is C21H49NO4Si3. The summed E-state index contributed by atoms with van der Waals surface area (Å²) in [5.74, 6) is -0.152. The highest BCUT2D eigenvalue weighted by Crippen LogP contribution is 2.37. The lowest BCUT2D eigenvalue weighted by Gasteiger charge is -2.39. The standard InChI is InChI=1S/C21H49NO4Si3/c1-13-24-29(12,25-14-2)17-15-16-22(27(7,8)9)18-19(3)20(23)26-28(10,11)21(4,5)6/h19H,13-18H2,1-12H3. The molecule has 0 aliphatic carbocycles. The van der Waals surface area contributed by atoms with Gasteiger partial charge in [-0.15, -0.1) is 0 Å². The fraction of sp³-hybridized carbons (Fsp3) is 0.952. The number of hydrogen-bond donors (Lipinski definition) is 0. The zero-order valence-electron chi connectivity index (χ0n) is 21.4. The lowest BCUT2D eigenvalue weighted by molar-refractivity contribution is -0.139. The first-order valence-corrected chi connectivity index (χ1v) is 20.1. The van der Waals surface area contributed by atoms with Crippen molar-refractivity contribution < 1.29 is 18.1 Å². The van der Waals surface area contributed by atoms with Crippen molar-refractivity contribution in [3.63, 3.8) is 0 Å². The van der Waals surface area contributed by atoms with E-state index in [0.717, 1.165) is 25.6 Å². The van der Waals surface area contributed by atoms with E-state index in [1.807, 2.05) is 20.8 Å². The Hall–Kier alpha value is 0.000649. The average Bonchev–Trinajstić information content (AvgIpc) is 2.51. The molecule has 0 radical (unpaired) electrons. The lowest BCUT2D eigenvalue weighted by atomic mass is 10.2. The Balaban J connectivity index is 4.99. The van der Waals surface area contributed by atoms with Gasteiger partial charge < -0.3 is 17.8 Å². The van der Waals surface area contributed by atoms with Crippen LogP contribution in [0.2, 0.25) is 50.4 Å². The number of hydrogen-bond acceptors (Lipinski definition) is 5. The molecule has 0 spiro atoms. The Bertz CT molecular complexity index is 495. The van der Waals surface area contributed by atoms with Gasteiger partial charge >= 0.3 is 8.56 Å². The van der Waals surface area contributed by atoms with Crippen LogP contribution in [0.1, 0.15) is 48.0 Å². The second kappa shape index (κ2) is 11.6. The molecule has 0 amide bonds. The van der Waals surface area contributed by atoms with Crippen LogP contribution >= 0.6 is 0 Å². The highest BCUT2D eigenvalue weighted by molar-refractivity contribution is 6.75. The predicted octanol–water partition coefficient (Wildman–Crippen LogP) is 5.84. The summed E-state index contributed by atoms with van der Waals surface area (Å²) in [5, 5.41) is 0.0362. The lowest BCUT2D eigenvalue weighted by Crippen LogP contribution is -2.51. The van der Waals surface area contributed by atoms with E-state index in [4.69, 9.17) is 13.3 Å². The first kappa shape index (κ1) is 29.0. The summed E-state index contributed by atoms with van der Waals surface area (Å²) in [5.41, 5.74) is 0. The zero-order chi connectivity index (χ0) is 23.1. The van der Waals surface area contributed by atoms with Crippen molar-refractivity contribution in [2.24, 2.45) is 5.92 Å². The highest BCUT2D eigenvalue weighted by Gasteiger charge is 2.41. The number of rotatable bonds is 13. The van der Waals surface area contributed by atoms with Gasteiger partial charge in [0.15, 0.2) is 0 Å². The molecule has 1 atom stereocenters. The van der Waals surface area contributed by atoms with Crippen LogP contribution in [-0.2, 0) is 18.1 Å². The van der Waals surface area contributed by atoms with Crippen molar-refractivity contribution >= 4 is 31.1 Å². The quantitative estimate of drug-likeness (QED) is 0.321.